The molecule has 0 aromatic rings. The van der Waals surface area contributed by atoms with Gasteiger partial charge in [-0.3, -0.25) is 0 Å². The first kappa shape index (κ1) is 13.0. The van der Waals surface area contributed by atoms with Crippen molar-refractivity contribution in [3.05, 3.63) is 0 Å². The lowest BCUT2D eigenvalue weighted by atomic mass is 10.2. The number of hydrogen-bond donors (Lipinski definition) is 1. The minimum atomic E-state index is 1.25. The molecule has 2 aliphatic rings. The third kappa shape index (κ3) is 6.91. The molecule has 0 unspecified atom stereocenters. The van der Waals surface area contributed by atoms with Gasteiger partial charge in [0.1, 0.15) is 0 Å². The molecule has 1 N–H and O–H groups in total. The van der Waals surface area contributed by atoms with Gasteiger partial charge in [0.15, 0.2) is 0 Å². The van der Waals surface area contributed by atoms with E-state index in [-0.39, 0.29) is 0 Å². The van der Waals surface area contributed by atoms with Crippen LogP contribution in [0.25, 0.3) is 0 Å². The second kappa shape index (κ2) is 9.17. The number of likely N-dealkylation sites (tertiary alicyclic amines) is 1. The third-order valence-corrected chi connectivity index (χ3v) is 3.35. The molecule has 0 radical (unpaired) electrons. The van der Waals surface area contributed by atoms with Gasteiger partial charge in [-0.2, -0.15) is 0 Å². The summed E-state index contributed by atoms with van der Waals surface area (Å²) in [7, 11) is 0. The molecular weight excluding hydrogens is 184 g/mol. The summed E-state index contributed by atoms with van der Waals surface area (Å²) in [5.74, 6) is 0. The van der Waals surface area contributed by atoms with Crippen molar-refractivity contribution in [2.75, 3.05) is 32.7 Å². The highest BCUT2D eigenvalue weighted by atomic mass is 15.1. The zero-order chi connectivity index (χ0) is 10.8. The minimum absolute atomic E-state index is 1.25. The molecular formula is C13H28N2. The molecule has 0 spiro atoms. The van der Waals surface area contributed by atoms with Crippen molar-refractivity contribution < 1.29 is 0 Å². The average Bonchev–Trinajstić information content (AvgIpc) is 2.60. The highest BCUT2D eigenvalue weighted by Crippen LogP contribution is 2.08. The Kier molecular flexibility index (Phi) is 7.94. The molecule has 2 heterocycles. The predicted molar refractivity (Wildman–Crippen MR) is 67.3 cm³/mol. The Morgan fingerprint density at radius 1 is 0.800 bits per heavy atom. The normalized spacial score (nSPS) is 23.8. The van der Waals surface area contributed by atoms with Gasteiger partial charge in [-0.15, -0.1) is 0 Å². The van der Waals surface area contributed by atoms with Crippen molar-refractivity contribution in [1.29, 1.82) is 0 Å². The minimum Gasteiger partial charge on any atom is -0.317 e. The molecule has 2 saturated heterocycles. The molecule has 90 valence electrons. The van der Waals surface area contributed by atoms with E-state index in [2.05, 4.69) is 17.1 Å². The smallest absolute Gasteiger partial charge is 0.00189 e. The molecule has 0 aliphatic carbocycles. The molecule has 15 heavy (non-hydrogen) atoms. The van der Waals surface area contributed by atoms with Crippen molar-refractivity contribution in [3.63, 3.8) is 0 Å². The van der Waals surface area contributed by atoms with E-state index >= 15 is 0 Å². The van der Waals surface area contributed by atoms with Gasteiger partial charge in [0.2, 0.25) is 0 Å². The van der Waals surface area contributed by atoms with E-state index in [4.69, 9.17) is 0 Å². The Labute approximate surface area is 95.4 Å². The fraction of sp³-hybridized carbons (Fsp3) is 1.00. The van der Waals surface area contributed by atoms with Crippen LogP contribution in [0, 0.1) is 0 Å². The highest BCUT2D eigenvalue weighted by Gasteiger charge is 2.04. The first-order chi connectivity index (χ1) is 7.43. The molecule has 0 atom stereocenters. The fourth-order valence-corrected chi connectivity index (χ4v) is 2.25. The van der Waals surface area contributed by atoms with Gasteiger partial charge >= 0.3 is 0 Å². The number of nitrogens with one attached hydrogen (secondary N) is 1. The topological polar surface area (TPSA) is 15.3 Å². The molecule has 2 aliphatic heterocycles. The van der Waals surface area contributed by atoms with Crippen LogP contribution in [0.3, 0.4) is 0 Å². The lowest BCUT2D eigenvalue weighted by Crippen LogP contribution is -2.23. The maximum Gasteiger partial charge on any atom is -0.00189 e. The van der Waals surface area contributed by atoms with E-state index in [0.29, 0.717) is 0 Å². The summed E-state index contributed by atoms with van der Waals surface area (Å²) in [6.45, 7) is 8.69. The maximum atomic E-state index is 3.28. The van der Waals surface area contributed by atoms with Gasteiger partial charge in [-0.1, -0.05) is 26.2 Å². The van der Waals surface area contributed by atoms with E-state index in [1.54, 1.807) is 0 Å². The summed E-state index contributed by atoms with van der Waals surface area (Å²) in [6, 6.07) is 0. The van der Waals surface area contributed by atoms with Crippen molar-refractivity contribution in [1.82, 2.24) is 10.2 Å². The molecule has 0 amide bonds. The summed E-state index contributed by atoms with van der Waals surface area (Å²) in [4.78, 5) is 2.55. The SMILES string of the molecule is C1CCNCC1.CCN1CCCCCC1. The van der Waals surface area contributed by atoms with Crippen LogP contribution in [0.5, 0.6) is 0 Å². The molecule has 2 fully saturated rings. The Bertz CT molecular complexity index is 113. The quantitative estimate of drug-likeness (QED) is 0.719. The van der Waals surface area contributed by atoms with Crippen LogP contribution in [0.4, 0.5) is 0 Å². The standard InChI is InChI=1S/C8H17N.C5H11N/c1-2-9-7-5-3-4-6-8-9;1-2-4-6-5-3-1/h2-8H2,1H3;6H,1-5H2. The summed E-state index contributed by atoms with van der Waals surface area (Å²) >= 11 is 0. The van der Waals surface area contributed by atoms with Crippen LogP contribution in [-0.2, 0) is 0 Å². The van der Waals surface area contributed by atoms with Gasteiger partial charge in [-0.05, 0) is 58.4 Å². The number of piperidine rings is 1. The maximum absolute atomic E-state index is 3.28. The van der Waals surface area contributed by atoms with E-state index in [1.165, 1.54) is 77.7 Å². The van der Waals surface area contributed by atoms with Crippen LogP contribution in [0.2, 0.25) is 0 Å². The highest BCUT2D eigenvalue weighted by molar-refractivity contribution is 4.60. The van der Waals surface area contributed by atoms with Gasteiger partial charge in [-0.25, -0.2) is 0 Å². The van der Waals surface area contributed by atoms with Gasteiger partial charge < -0.3 is 10.2 Å². The zero-order valence-electron chi connectivity index (χ0n) is 10.4. The number of nitrogens with zero attached hydrogens (tertiary/aromatic N) is 1. The number of rotatable bonds is 1. The monoisotopic (exact) mass is 212 g/mol. The van der Waals surface area contributed by atoms with Crippen molar-refractivity contribution in [2.45, 2.75) is 51.9 Å². The second-order valence-corrected chi connectivity index (χ2v) is 4.66. The van der Waals surface area contributed by atoms with E-state index < -0.39 is 0 Å². The molecule has 0 saturated carbocycles. The largest absolute Gasteiger partial charge is 0.317 e. The summed E-state index contributed by atoms with van der Waals surface area (Å²) in [6.07, 6.45) is 9.97. The summed E-state index contributed by atoms with van der Waals surface area (Å²) in [5.41, 5.74) is 0. The van der Waals surface area contributed by atoms with Crippen molar-refractivity contribution in [3.8, 4) is 0 Å². The van der Waals surface area contributed by atoms with Crippen molar-refractivity contribution >= 4 is 0 Å². The predicted octanol–water partition coefficient (Wildman–Crippen LogP) is 2.64. The second-order valence-electron chi connectivity index (χ2n) is 4.66. The Balaban J connectivity index is 0.000000162. The molecule has 2 nitrogen and oxygen atoms in total. The first-order valence-corrected chi connectivity index (χ1v) is 6.86. The Morgan fingerprint density at radius 3 is 1.67 bits per heavy atom. The summed E-state index contributed by atoms with van der Waals surface area (Å²) in [5, 5.41) is 3.28. The first-order valence-electron chi connectivity index (χ1n) is 6.86. The number of hydrogen-bond acceptors (Lipinski definition) is 2. The Hall–Kier alpha value is -0.0800. The van der Waals surface area contributed by atoms with Crippen LogP contribution in [0.15, 0.2) is 0 Å². The molecule has 2 heteroatoms. The average molecular weight is 212 g/mol. The molecule has 2 rings (SSSR count). The Morgan fingerprint density at radius 2 is 1.33 bits per heavy atom. The third-order valence-electron chi connectivity index (χ3n) is 3.35. The van der Waals surface area contributed by atoms with Gasteiger partial charge in [0.25, 0.3) is 0 Å². The zero-order valence-corrected chi connectivity index (χ0v) is 10.4. The van der Waals surface area contributed by atoms with Gasteiger partial charge in [0.05, 0.1) is 0 Å². The van der Waals surface area contributed by atoms with E-state index in [1.807, 2.05) is 0 Å². The summed E-state index contributed by atoms with van der Waals surface area (Å²) < 4.78 is 0. The van der Waals surface area contributed by atoms with Crippen LogP contribution >= 0.6 is 0 Å². The van der Waals surface area contributed by atoms with E-state index in [9.17, 15) is 0 Å². The molecule has 0 aromatic carbocycles. The lowest BCUT2D eigenvalue weighted by molar-refractivity contribution is 0.301. The fourth-order valence-electron chi connectivity index (χ4n) is 2.25. The van der Waals surface area contributed by atoms with Crippen LogP contribution < -0.4 is 5.32 Å². The molecule has 0 bridgehead atoms. The van der Waals surface area contributed by atoms with E-state index in [0.717, 1.165) is 0 Å². The lowest BCUT2D eigenvalue weighted by Gasteiger charge is -2.15. The van der Waals surface area contributed by atoms with Crippen LogP contribution in [0.1, 0.15) is 51.9 Å². The van der Waals surface area contributed by atoms with Crippen molar-refractivity contribution in [2.24, 2.45) is 0 Å². The van der Waals surface area contributed by atoms with Gasteiger partial charge in [0, 0.05) is 0 Å². The molecule has 0 aromatic heterocycles. The van der Waals surface area contributed by atoms with Crippen LogP contribution in [-0.4, -0.2) is 37.6 Å².